The second-order valence-electron chi connectivity index (χ2n) is 2.79. The highest BCUT2D eigenvalue weighted by molar-refractivity contribution is 6.31. The number of aryl methyl sites for hydroxylation is 2. The van der Waals surface area contributed by atoms with E-state index in [0.717, 1.165) is 0 Å². The van der Waals surface area contributed by atoms with Crippen molar-refractivity contribution in [2.45, 2.75) is 26.9 Å². The molecule has 1 heteroatoms. The largest absolute Gasteiger partial charge is 0.0750 e. The van der Waals surface area contributed by atoms with E-state index >= 15 is 0 Å². The molecule has 11 heavy (non-hydrogen) atoms. The van der Waals surface area contributed by atoms with E-state index < -0.39 is 0 Å². The summed E-state index contributed by atoms with van der Waals surface area (Å²) in [6.07, 6.45) is 0. The normalized spacial score (nSPS) is 8.36. The van der Waals surface area contributed by atoms with E-state index in [1.54, 1.807) is 0 Å². The van der Waals surface area contributed by atoms with Gasteiger partial charge in [-0.2, -0.15) is 0 Å². The zero-order chi connectivity index (χ0) is 8.69. The topological polar surface area (TPSA) is 0 Å². The number of benzene rings is 1. The van der Waals surface area contributed by atoms with Gasteiger partial charge >= 0.3 is 0 Å². The molecule has 0 unspecified atom stereocenters. The van der Waals surface area contributed by atoms with Crippen LogP contribution in [0.4, 0.5) is 0 Å². The van der Waals surface area contributed by atoms with Gasteiger partial charge in [0.05, 0.1) is 0 Å². The maximum atomic E-state index is 2.26. The maximum absolute atomic E-state index is 2.26. The van der Waals surface area contributed by atoms with Crippen LogP contribution in [0.1, 0.15) is 11.1 Å². The molecule has 0 radical (unpaired) electrons. The van der Waals surface area contributed by atoms with E-state index in [1.807, 2.05) is 0 Å². The molecule has 0 atom stereocenters. The molecule has 0 fully saturated rings. The van der Waals surface area contributed by atoms with Crippen molar-refractivity contribution in [1.82, 2.24) is 0 Å². The van der Waals surface area contributed by atoms with Crippen molar-refractivity contribution in [3.63, 3.8) is 0 Å². The Hall–Kier alpha value is -0.563. The Morgan fingerprint density at radius 2 is 1.18 bits per heavy atom. The molecule has 0 aromatic heterocycles. The molecule has 0 aliphatic rings. The monoisotopic (exact) mass is 166 g/mol. The molecule has 62 valence electrons. The van der Waals surface area contributed by atoms with Crippen molar-refractivity contribution >= 4 is 9.52 Å². The third-order valence-corrected chi connectivity index (χ3v) is 1.43. The molecule has 0 aliphatic heterocycles. The van der Waals surface area contributed by atoms with E-state index in [4.69, 9.17) is 0 Å². The van der Waals surface area contributed by atoms with Crippen LogP contribution in [-0.4, -0.2) is 9.52 Å². The number of rotatable bonds is 0. The van der Waals surface area contributed by atoms with E-state index in [1.165, 1.54) is 11.1 Å². The summed E-state index contributed by atoms with van der Waals surface area (Å²) in [6.45, 7) is 8.77. The molecule has 0 amide bonds. The number of hydrogen-bond acceptors (Lipinski definition) is 0. The average molecular weight is 166 g/mol. The second-order valence-corrected chi connectivity index (χ2v) is 4.21. The summed E-state index contributed by atoms with van der Waals surface area (Å²) < 4.78 is 0. The Labute approximate surface area is 72.5 Å². The summed E-state index contributed by atoms with van der Waals surface area (Å²) in [7, 11) is 0.417. The fourth-order valence-corrected chi connectivity index (χ4v) is 0.663. The molecule has 1 aromatic rings. The Bertz CT molecular complexity index is 173. The van der Waals surface area contributed by atoms with Crippen LogP contribution < -0.4 is 0 Å². The smallest absolute Gasteiger partial charge is 0.0135 e. The minimum atomic E-state index is 0.417. The summed E-state index contributed by atoms with van der Waals surface area (Å²) in [4.78, 5) is 0. The van der Waals surface area contributed by atoms with Crippen LogP contribution in [0.2, 0.25) is 13.1 Å². The van der Waals surface area contributed by atoms with Gasteiger partial charge in [0.25, 0.3) is 0 Å². The predicted octanol–water partition coefficient (Wildman–Crippen LogP) is 2.55. The first kappa shape index (κ1) is 10.4. The molecule has 1 aromatic carbocycles. The molecule has 0 nitrogen and oxygen atoms in total. The van der Waals surface area contributed by atoms with Gasteiger partial charge in [-0.3, -0.25) is 0 Å². The highest BCUT2D eigenvalue weighted by Gasteiger charge is 1.83. The van der Waals surface area contributed by atoms with Crippen molar-refractivity contribution in [2.75, 3.05) is 0 Å². The Morgan fingerprint density at radius 3 is 1.36 bits per heavy atom. The summed E-state index contributed by atoms with van der Waals surface area (Å²) >= 11 is 0. The molecule has 1 rings (SSSR count). The van der Waals surface area contributed by atoms with Gasteiger partial charge in [0, 0.05) is 9.52 Å². The molecule has 0 aliphatic carbocycles. The second kappa shape index (κ2) is 6.17. The SMILES string of the molecule is C[SiH2]C.Cc1ccccc1C. The Morgan fingerprint density at radius 1 is 0.909 bits per heavy atom. The van der Waals surface area contributed by atoms with Crippen molar-refractivity contribution in [3.8, 4) is 0 Å². The van der Waals surface area contributed by atoms with E-state index in [2.05, 4.69) is 51.2 Å². The zero-order valence-electron chi connectivity index (χ0n) is 8.02. The molecule has 0 N–H and O–H groups in total. The highest BCUT2D eigenvalue weighted by Crippen LogP contribution is 2.02. The molecule has 0 heterocycles. The average Bonchev–Trinajstić information content (AvgIpc) is 1.97. The molecular formula is C10H18Si. The summed E-state index contributed by atoms with van der Waals surface area (Å²) in [5, 5.41) is 0. The van der Waals surface area contributed by atoms with Crippen LogP contribution in [-0.2, 0) is 0 Å². The highest BCUT2D eigenvalue weighted by atomic mass is 28.2. The standard InChI is InChI=1S/C8H10.C2H8Si/c1-7-5-3-4-6-8(7)2;1-3-2/h3-6H,1-2H3;3H2,1-2H3. The van der Waals surface area contributed by atoms with Gasteiger partial charge in [0.2, 0.25) is 0 Å². The lowest BCUT2D eigenvalue weighted by Gasteiger charge is -1.93. The van der Waals surface area contributed by atoms with Gasteiger partial charge in [-0.05, 0) is 25.0 Å². The lowest BCUT2D eigenvalue weighted by molar-refractivity contribution is 1.34. The van der Waals surface area contributed by atoms with Crippen molar-refractivity contribution in [3.05, 3.63) is 35.4 Å². The minimum Gasteiger partial charge on any atom is -0.0750 e. The maximum Gasteiger partial charge on any atom is 0.0135 e. The predicted molar refractivity (Wildman–Crippen MR) is 56.2 cm³/mol. The van der Waals surface area contributed by atoms with E-state index in [-0.39, 0.29) is 0 Å². The zero-order valence-corrected chi connectivity index (χ0v) is 9.43. The third-order valence-electron chi connectivity index (χ3n) is 1.43. The Balaban J connectivity index is 0.000000292. The van der Waals surface area contributed by atoms with Gasteiger partial charge in [-0.1, -0.05) is 37.4 Å². The van der Waals surface area contributed by atoms with Gasteiger partial charge in [0.15, 0.2) is 0 Å². The van der Waals surface area contributed by atoms with Gasteiger partial charge in [-0.15, -0.1) is 0 Å². The van der Waals surface area contributed by atoms with Crippen molar-refractivity contribution in [1.29, 1.82) is 0 Å². The molecular weight excluding hydrogens is 148 g/mol. The Kier molecular flexibility index (Phi) is 5.85. The van der Waals surface area contributed by atoms with Crippen LogP contribution in [0.25, 0.3) is 0 Å². The lowest BCUT2D eigenvalue weighted by atomic mass is 10.1. The van der Waals surface area contributed by atoms with Crippen molar-refractivity contribution < 1.29 is 0 Å². The van der Waals surface area contributed by atoms with E-state index in [9.17, 15) is 0 Å². The van der Waals surface area contributed by atoms with Crippen LogP contribution in [0.15, 0.2) is 24.3 Å². The van der Waals surface area contributed by atoms with Gasteiger partial charge < -0.3 is 0 Å². The third kappa shape index (κ3) is 4.79. The summed E-state index contributed by atoms with van der Waals surface area (Å²) in [5.74, 6) is 0. The first-order chi connectivity index (χ1) is 5.22. The van der Waals surface area contributed by atoms with Crippen LogP contribution in [0.5, 0.6) is 0 Å². The molecule has 0 spiro atoms. The minimum absolute atomic E-state index is 0.417. The van der Waals surface area contributed by atoms with Crippen molar-refractivity contribution in [2.24, 2.45) is 0 Å². The number of hydrogen-bond donors (Lipinski definition) is 0. The van der Waals surface area contributed by atoms with Crippen LogP contribution in [0, 0.1) is 13.8 Å². The van der Waals surface area contributed by atoms with Crippen LogP contribution >= 0.6 is 0 Å². The van der Waals surface area contributed by atoms with Gasteiger partial charge in [0.1, 0.15) is 0 Å². The van der Waals surface area contributed by atoms with Crippen LogP contribution in [0.3, 0.4) is 0 Å². The molecule has 0 bridgehead atoms. The fraction of sp³-hybridized carbons (Fsp3) is 0.400. The summed E-state index contributed by atoms with van der Waals surface area (Å²) in [5.41, 5.74) is 2.74. The summed E-state index contributed by atoms with van der Waals surface area (Å²) in [6, 6.07) is 8.36. The lowest BCUT2D eigenvalue weighted by Crippen LogP contribution is -1.74. The van der Waals surface area contributed by atoms with E-state index in [0.29, 0.717) is 9.52 Å². The first-order valence-corrected chi connectivity index (χ1v) is 7.07. The fourth-order valence-electron chi connectivity index (χ4n) is 0.663. The molecule has 0 saturated heterocycles. The quantitative estimate of drug-likeness (QED) is 0.520. The first-order valence-electron chi connectivity index (χ1n) is 4.24. The van der Waals surface area contributed by atoms with Gasteiger partial charge in [-0.25, -0.2) is 0 Å². The molecule has 0 saturated carbocycles.